The molecule has 3 unspecified atom stereocenters. The Morgan fingerprint density at radius 2 is 1.97 bits per heavy atom. The first-order valence-electron chi connectivity index (χ1n) is 11.9. The van der Waals surface area contributed by atoms with Gasteiger partial charge in [-0.3, -0.25) is 9.69 Å². The summed E-state index contributed by atoms with van der Waals surface area (Å²) < 4.78 is 8.64. The predicted octanol–water partition coefficient (Wildman–Crippen LogP) is 6.13. The summed E-state index contributed by atoms with van der Waals surface area (Å²) in [6.07, 6.45) is 7.85. The van der Waals surface area contributed by atoms with E-state index >= 15 is 0 Å². The van der Waals surface area contributed by atoms with Crippen LogP contribution in [-0.4, -0.2) is 40.0 Å². The number of hydrogen-bond donors (Lipinski definition) is 0. The third-order valence-corrected chi connectivity index (χ3v) is 7.61. The van der Waals surface area contributed by atoms with Crippen molar-refractivity contribution < 1.29 is 9.53 Å². The molecular formula is C27H31ClN2O2. The van der Waals surface area contributed by atoms with Crippen molar-refractivity contribution >= 4 is 28.3 Å². The first kappa shape index (κ1) is 21.5. The fourth-order valence-electron chi connectivity index (χ4n) is 5.83. The number of carbonyl (C=O) groups is 1. The molecule has 5 rings (SSSR count). The number of Topliss-reactive ketones (excluding diaryl/α,β-unsaturated/α-hetero) is 1. The highest BCUT2D eigenvalue weighted by atomic mass is 35.5. The number of halogens is 1. The van der Waals surface area contributed by atoms with Crippen molar-refractivity contribution in [1.29, 1.82) is 0 Å². The van der Waals surface area contributed by atoms with Gasteiger partial charge in [0.05, 0.1) is 10.5 Å². The molecule has 0 N–H and O–H groups in total. The molecule has 0 amide bonds. The quantitative estimate of drug-likeness (QED) is 0.387. The highest BCUT2D eigenvalue weighted by Crippen LogP contribution is 2.40. The number of benzene rings is 2. The van der Waals surface area contributed by atoms with E-state index in [2.05, 4.69) is 40.8 Å². The molecule has 2 aliphatic heterocycles. The van der Waals surface area contributed by atoms with E-state index in [-0.39, 0.29) is 11.9 Å². The molecule has 1 aromatic heterocycles. The van der Waals surface area contributed by atoms with Gasteiger partial charge in [-0.15, -0.1) is 0 Å². The monoisotopic (exact) mass is 450 g/mol. The minimum Gasteiger partial charge on any atom is -0.487 e. The average molecular weight is 451 g/mol. The molecule has 3 atom stereocenters. The zero-order chi connectivity index (χ0) is 22.2. The fourth-order valence-corrected chi connectivity index (χ4v) is 6.01. The van der Waals surface area contributed by atoms with E-state index in [1.165, 1.54) is 23.9 Å². The topological polar surface area (TPSA) is 34.5 Å². The van der Waals surface area contributed by atoms with Crippen LogP contribution in [0, 0.1) is 0 Å². The predicted molar refractivity (Wildman–Crippen MR) is 130 cm³/mol. The Morgan fingerprint density at radius 3 is 2.75 bits per heavy atom. The zero-order valence-corrected chi connectivity index (χ0v) is 19.6. The third-order valence-electron chi connectivity index (χ3n) is 7.30. The van der Waals surface area contributed by atoms with Crippen molar-refractivity contribution in [2.45, 2.75) is 70.7 Å². The second-order valence-corrected chi connectivity index (χ2v) is 9.58. The minimum atomic E-state index is 0.138. The molecule has 2 fully saturated rings. The molecule has 32 heavy (non-hydrogen) atoms. The average Bonchev–Trinajstić information content (AvgIpc) is 3.46. The van der Waals surface area contributed by atoms with Gasteiger partial charge < -0.3 is 9.30 Å². The molecule has 0 saturated carbocycles. The molecule has 168 valence electrons. The molecule has 2 aromatic carbocycles. The Morgan fingerprint density at radius 1 is 1.12 bits per heavy atom. The molecule has 5 heteroatoms. The lowest BCUT2D eigenvalue weighted by molar-refractivity contribution is 0.101. The summed E-state index contributed by atoms with van der Waals surface area (Å²) in [5.41, 5.74) is 3.37. The van der Waals surface area contributed by atoms with Gasteiger partial charge in [-0.05, 0) is 50.3 Å². The first-order valence-corrected chi connectivity index (χ1v) is 12.2. The molecule has 2 bridgehead atoms. The van der Waals surface area contributed by atoms with Gasteiger partial charge in [0, 0.05) is 48.7 Å². The fraction of sp³-hybridized carbons (Fsp3) is 0.444. The van der Waals surface area contributed by atoms with Crippen LogP contribution < -0.4 is 4.74 Å². The smallest absolute Gasteiger partial charge is 0.161 e. The second kappa shape index (κ2) is 8.92. The van der Waals surface area contributed by atoms with Crippen LogP contribution in [0.2, 0.25) is 5.02 Å². The van der Waals surface area contributed by atoms with Gasteiger partial charge >= 0.3 is 0 Å². The molecule has 3 heterocycles. The van der Waals surface area contributed by atoms with Crippen LogP contribution in [0.25, 0.3) is 10.9 Å². The molecule has 0 spiro atoms. The molecule has 2 saturated heterocycles. The number of aromatic nitrogens is 1. The van der Waals surface area contributed by atoms with Crippen LogP contribution in [0.3, 0.4) is 0 Å². The van der Waals surface area contributed by atoms with E-state index in [9.17, 15) is 4.79 Å². The number of para-hydroxylation sites is 2. The minimum absolute atomic E-state index is 0.138. The van der Waals surface area contributed by atoms with Crippen molar-refractivity contribution in [1.82, 2.24) is 9.47 Å². The second-order valence-electron chi connectivity index (χ2n) is 9.17. The summed E-state index contributed by atoms with van der Waals surface area (Å²) in [5, 5.41) is 1.78. The van der Waals surface area contributed by atoms with E-state index in [0.29, 0.717) is 17.1 Å². The van der Waals surface area contributed by atoms with E-state index in [1.807, 2.05) is 24.3 Å². The summed E-state index contributed by atoms with van der Waals surface area (Å²) in [5.74, 6) is 0.938. The molecule has 0 aliphatic carbocycles. The normalized spacial score (nSPS) is 22.7. The molecule has 0 radical (unpaired) electrons. The standard InChI is InChI=1S/C27H31ClN2O2/c1-3-19-8-6-9-21-22(18(2)31)17-29(27(19)21)14-7-15-30-20-12-13-24(30)26(16-20)32-25-11-5-4-10-23(25)28/h4-6,8-11,17,20,24,26H,3,7,12-16H2,1-2H3. The van der Waals surface area contributed by atoms with Crippen LogP contribution in [-0.2, 0) is 13.0 Å². The Balaban J connectivity index is 1.28. The molecule has 3 aromatic rings. The largest absolute Gasteiger partial charge is 0.487 e. The molecule has 4 nitrogen and oxygen atoms in total. The maximum atomic E-state index is 12.2. The summed E-state index contributed by atoms with van der Waals surface area (Å²) in [6.45, 7) is 5.83. The maximum absolute atomic E-state index is 12.2. The van der Waals surface area contributed by atoms with E-state index in [4.69, 9.17) is 16.3 Å². The van der Waals surface area contributed by atoms with Crippen LogP contribution >= 0.6 is 11.6 Å². The number of rotatable bonds is 8. The summed E-state index contributed by atoms with van der Waals surface area (Å²) in [6, 6.07) is 15.2. The van der Waals surface area contributed by atoms with Gasteiger partial charge in [0.1, 0.15) is 11.9 Å². The van der Waals surface area contributed by atoms with E-state index in [0.717, 1.165) is 49.1 Å². The lowest BCUT2D eigenvalue weighted by atomic mass is 9.98. The Labute approximate surface area is 195 Å². The molecular weight excluding hydrogens is 420 g/mol. The summed E-state index contributed by atoms with van der Waals surface area (Å²) in [4.78, 5) is 14.9. The van der Waals surface area contributed by atoms with Crippen molar-refractivity contribution in [3.63, 3.8) is 0 Å². The number of aryl methyl sites for hydroxylation is 2. The number of ketones is 1. The first-order chi connectivity index (χ1) is 15.6. The van der Waals surface area contributed by atoms with Crippen LogP contribution in [0.4, 0.5) is 0 Å². The number of fused-ring (bicyclic) bond motifs is 3. The van der Waals surface area contributed by atoms with Gasteiger partial charge in [-0.25, -0.2) is 0 Å². The van der Waals surface area contributed by atoms with Gasteiger partial charge in [0.2, 0.25) is 0 Å². The summed E-state index contributed by atoms with van der Waals surface area (Å²) in [7, 11) is 0. The van der Waals surface area contributed by atoms with Gasteiger partial charge in [-0.1, -0.05) is 48.9 Å². The zero-order valence-electron chi connectivity index (χ0n) is 18.9. The van der Waals surface area contributed by atoms with Crippen LogP contribution in [0.5, 0.6) is 5.75 Å². The van der Waals surface area contributed by atoms with Gasteiger partial charge in [-0.2, -0.15) is 0 Å². The highest BCUT2D eigenvalue weighted by Gasteiger charge is 2.47. The van der Waals surface area contributed by atoms with Crippen molar-refractivity contribution in [3.8, 4) is 5.75 Å². The lowest BCUT2D eigenvalue weighted by Crippen LogP contribution is -2.36. The van der Waals surface area contributed by atoms with E-state index < -0.39 is 0 Å². The van der Waals surface area contributed by atoms with Crippen molar-refractivity contribution in [2.24, 2.45) is 0 Å². The lowest BCUT2D eigenvalue weighted by Gasteiger charge is -2.25. The Kier molecular flexibility index (Phi) is 6.00. The van der Waals surface area contributed by atoms with Gasteiger partial charge in [0.15, 0.2) is 5.78 Å². The Bertz CT molecular complexity index is 1140. The van der Waals surface area contributed by atoms with E-state index in [1.54, 1.807) is 6.92 Å². The Hall–Kier alpha value is -2.30. The number of hydrogen-bond acceptors (Lipinski definition) is 3. The summed E-state index contributed by atoms with van der Waals surface area (Å²) >= 11 is 6.32. The molecule has 2 aliphatic rings. The SMILES string of the molecule is CCc1cccc2c(C(C)=O)cn(CCCN3C4CCC3C(Oc3ccccc3Cl)C4)c12. The highest BCUT2D eigenvalue weighted by molar-refractivity contribution is 6.32. The number of nitrogens with zero attached hydrogens (tertiary/aromatic N) is 2. The van der Waals surface area contributed by atoms with Gasteiger partial charge in [0.25, 0.3) is 0 Å². The maximum Gasteiger partial charge on any atom is 0.161 e. The van der Waals surface area contributed by atoms with Crippen LogP contribution in [0.1, 0.15) is 55.5 Å². The number of ether oxygens (including phenoxy) is 1. The third kappa shape index (κ3) is 3.84. The number of carbonyl (C=O) groups excluding carboxylic acids is 1. The van der Waals surface area contributed by atoms with Crippen molar-refractivity contribution in [3.05, 3.63) is 64.8 Å². The van der Waals surface area contributed by atoms with Crippen LogP contribution in [0.15, 0.2) is 48.7 Å². The van der Waals surface area contributed by atoms with Crippen molar-refractivity contribution in [2.75, 3.05) is 6.54 Å².